The molecule has 2 aromatic rings. The lowest BCUT2D eigenvalue weighted by Crippen LogP contribution is -2.24. The van der Waals surface area contributed by atoms with Crippen molar-refractivity contribution in [2.24, 2.45) is 5.92 Å². The first-order valence-electron chi connectivity index (χ1n) is 6.15. The van der Waals surface area contributed by atoms with Gasteiger partial charge in [-0.1, -0.05) is 24.3 Å². The molecule has 0 radical (unpaired) electrons. The number of hydrogen-bond acceptors (Lipinski definition) is 2. The van der Waals surface area contributed by atoms with Crippen molar-refractivity contribution in [1.29, 1.82) is 0 Å². The topological polar surface area (TPSA) is 38.1 Å². The van der Waals surface area contributed by atoms with E-state index >= 15 is 0 Å². The molecule has 1 saturated carbocycles. The molecule has 2 aliphatic rings. The molecular formula is C14H14N2O. The van der Waals surface area contributed by atoms with Gasteiger partial charge in [0.2, 0.25) is 0 Å². The van der Waals surface area contributed by atoms with E-state index in [1.807, 2.05) is 24.7 Å². The van der Waals surface area contributed by atoms with Crippen LogP contribution in [0.3, 0.4) is 0 Å². The highest BCUT2D eigenvalue weighted by molar-refractivity contribution is 5.69. The smallest absolute Gasteiger partial charge is 0.0957 e. The average Bonchev–Trinajstić information content (AvgIpc) is 3.01. The third kappa shape index (κ3) is 1.23. The molecule has 17 heavy (non-hydrogen) atoms. The molecule has 1 aromatic carbocycles. The van der Waals surface area contributed by atoms with Crippen LogP contribution in [0.25, 0.3) is 11.3 Å². The summed E-state index contributed by atoms with van der Waals surface area (Å²) in [4.78, 5) is 4.21. The average molecular weight is 226 g/mol. The molecular weight excluding hydrogens is 212 g/mol. The molecule has 1 N–H and O–H groups in total. The number of rotatable bonds is 2. The highest BCUT2D eigenvalue weighted by Gasteiger charge is 2.41. The van der Waals surface area contributed by atoms with Gasteiger partial charge in [-0.3, -0.25) is 0 Å². The summed E-state index contributed by atoms with van der Waals surface area (Å²) in [7, 11) is 0. The second kappa shape index (κ2) is 3.20. The summed E-state index contributed by atoms with van der Waals surface area (Å²) in [6.07, 6.45) is 5.77. The van der Waals surface area contributed by atoms with E-state index in [2.05, 4.69) is 21.7 Å². The van der Waals surface area contributed by atoms with E-state index in [0.29, 0.717) is 5.92 Å². The number of aromatic nitrogens is 2. The van der Waals surface area contributed by atoms with Crippen LogP contribution < -0.4 is 0 Å². The van der Waals surface area contributed by atoms with E-state index in [-0.39, 0.29) is 12.1 Å². The maximum absolute atomic E-state index is 10.5. The quantitative estimate of drug-likeness (QED) is 0.852. The van der Waals surface area contributed by atoms with Crippen LogP contribution in [0.5, 0.6) is 0 Å². The van der Waals surface area contributed by atoms with Crippen molar-refractivity contribution >= 4 is 0 Å². The summed E-state index contributed by atoms with van der Waals surface area (Å²) in [6, 6.07) is 8.39. The molecule has 2 heterocycles. The van der Waals surface area contributed by atoms with Gasteiger partial charge in [0.15, 0.2) is 0 Å². The third-order valence-electron chi connectivity index (χ3n) is 3.95. The van der Waals surface area contributed by atoms with Crippen molar-refractivity contribution in [3.63, 3.8) is 0 Å². The number of fused-ring (bicyclic) bond motifs is 3. The minimum absolute atomic E-state index is 0.0659. The van der Waals surface area contributed by atoms with Crippen molar-refractivity contribution < 1.29 is 5.11 Å². The minimum Gasteiger partial charge on any atom is -0.390 e. The first-order valence-corrected chi connectivity index (χ1v) is 6.15. The molecule has 1 aliphatic heterocycles. The first kappa shape index (κ1) is 9.42. The number of nitrogens with zero attached hydrogens (tertiary/aromatic N) is 2. The van der Waals surface area contributed by atoms with Crippen LogP contribution >= 0.6 is 0 Å². The Morgan fingerprint density at radius 3 is 2.94 bits per heavy atom. The maximum atomic E-state index is 10.5. The Balaban J connectivity index is 1.89. The van der Waals surface area contributed by atoms with Gasteiger partial charge in [-0.2, -0.15) is 0 Å². The standard InChI is InChI=1S/C14H14N2O/c17-14(9-5-6-9)13-11-4-2-1-3-10(11)12-7-15-8-16(12)13/h1-4,7-9,13-14,17H,5-6H2/t13-,14+/m0/s1. The largest absolute Gasteiger partial charge is 0.390 e. The predicted molar refractivity (Wildman–Crippen MR) is 64.5 cm³/mol. The Morgan fingerprint density at radius 1 is 1.29 bits per heavy atom. The van der Waals surface area contributed by atoms with Crippen LogP contribution in [0.2, 0.25) is 0 Å². The summed E-state index contributed by atoms with van der Waals surface area (Å²) in [6.45, 7) is 0. The maximum Gasteiger partial charge on any atom is 0.0957 e. The molecule has 1 fully saturated rings. The first-order chi connectivity index (χ1) is 8.36. The van der Waals surface area contributed by atoms with Crippen LogP contribution in [0.15, 0.2) is 36.8 Å². The molecule has 3 heteroatoms. The van der Waals surface area contributed by atoms with Crippen molar-refractivity contribution in [2.75, 3.05) is 0 Å². The number of benzene rings is 1. The predicted octanol–water partition coefficient (Wildman–Crippen LogP) is 2.22. The van der Waals surface area contributed by atoms with Crippen molar-refractivity contribution in [2.45, 2.75) is 25.0 Å². The van der Waals surface area contributed by atoms with E-state index in [1.54, 1.807) is 0 Å². The zero-order valence-electron chi connectivity index (χ0n) is 9.45. The summed E-state index contributed by atoms with van der Waals surface area (Å²) in [5, 5.41) is 10.5. The van der Waals surface area contributed by atoms with Crippen molar-refractivity contribution in [1.82, 2.24) is 9.55 Å². The van der Waals surface area contributed by atoms with Gasteiger partial charge < -0.3 is 9.67 Å². The SMILES string of the molecule is O[C@H](C1CC1)[C@@H]1c2ccccc2-c2cncn21. The summed E-state index contributed by atoms with van der Waals surface area (Å²) < 4.78 is 2.12. The van der Waals surface area contributed by atoms with Gasteiger partial charge in [-0.25, -0.2) is 4.98 Å². The van der Waals surface area contributed by atoms with Gasteiger partial charge in [-0.15, -0.1) is 0 Å². The highest BCUT2D eigenvalue weighted by atomic mass is 16.3. The molecule has 0 unspecified atom stereocenters. The number of aliphatic hydroxyl groups excluding tert-OH is 1. The van der Waals surface area contributed by atoms with Gasteiger partial charge in [0.25, 0.3) is 0 Å². The molecule has 2 atom stereocenters. The second-order valence-electron chi connectivity index (χ2n) is 5.05. The zero-order valence-corrected chi connectivity index (χ0v) is 9.45. The molecule has 3 nitrogen and oxygen atoms in total. The Morgan fingerprint density at radius 2 is 2.12 bits per heavy atom. The van der Waals surface area contributed by atoms with Crippen LogP contribution in [0, 0.1) is 5.92 Å². The lowest BCUT2D eigenvalue weighted by atomic mass is 9.97. The molecule has 1 aliphatic carbocycles. The lowest BCUT2D eigenvalue weighted by Gasteiger charge is -2.21. The van der Waals surface area contributed by atoms with E-state index in [4.69, 9.17) is 0 Å². The van der Waals surface area contributed by atoms with Gasteiger partial charge in [0.05, 0.1) is 30.4 Å². The van der Waals surface area contributed by atoms with Gasteiger partial charge in [0.1, 0.15) is 0 Å². The van der Waals surface area contributed by atoms with E-state index in [1.165, 1.54) is 11.1 Å². The van der Waals surface area contributed by atoms with Crippen LogP contribution in [-0.2, 0) is 0 Å². The third-order valence-corrected chi connectivity index (χ3v) is 3.95. The van der Waals surface area contributed by atoms with Gasteiger partial charge in [0, 0.05) is 5.56 Å². The summed E-state index contributed by atoms with van der Waals surface area (Å²) in [5.74, 6) is 0.474. The summed E-state index contributed by atoms with van der Waals surface area (Å²) >= 11 is 0. The molecule has 4 rings (SSSR count). The molecule has 86 valence electrons. The Kier molecular flexibility index (Phi) is 1.77. The monoisotopic (exact) mass is 226 g/mol. The zero-order chi connectivity index (χ0) is 11.4. The van der Waals surface area contributed by atoms with Gasteiger partial charge >= 0.3 is 0 Å². The molecule has 0 amide bonds. The lowest BCUT2D eigenvalue weighted by molar-refractivity contribution is 0.111. The van der Waals surface area contributed by atoms with Gasteiger partial charge in [-0.05, 0) is 24.3 Å². The Labute approximate surface area is 99.7 Å². The number of aliphatic hydroxyl groups is 1. The Bertz CT molecular complexity index is 571. The fourth-order valence-electron chi connectivity index (χ4n) is 2.92. The Hall–Kier alpha value is -1.61. The molecule has 0 spiro atoms. The molecule has 0 saturated heterocycles. The molecule has 1 aromatic heterocycles. The van der Waals surface area contributed by atoms with E-state index in [9.17, 15) is 5.11 Å². The van der Waals surface area contributed by atoms with Crippen LogP contribution in [0.1, 0.15) is 24.4 Å². The fourth-order valence-corrected chi connectivity index (χ4v) is 2.92. The minimum atomic E-state index is -0.272. The second-order valence-corrected chi connectivity index (χ2v) is 5.05. The summed E-state index contributed by atoms with van der Waals surface area (Å²) in [5.41, 5.74) is 3.59. The van der Waals surface area contributed by atoms with Crippen molar-refractivity contribution in [3.8, 4) is 11.3 Å². The fraction of sp³-hybridized carbons (Fsp3) is 0.357. The normalized spacial score (nSPS) is 23.2. The van der Waals surface area contributed by atoms with Crippen molar-refractivity contribution in [3.05, 3.63) is 42.4 Å². The van der Waals surface area contributed by atoms with E-state index < -0.39 is 0 Å². The number of hydrogen-bond donors (Lipinski definition) is 1. The van der Waals surface area contributed by atoms with Crippen LogP contribution in [0.4, 0.5) is 0 Å². The van der Waals surface area contributed by atoms with Crippen LogP contribution in [-0.4, -0.2) is 20.8 Å². The highest BCUT2D eigenvalue weighted by Crippen LogP contribution is 2.46. The van der Waals surface area contributed by atoms with E-state index in [0.717, 1.165) is 18.5 Å². The number of imidazole rings is 1. The molecule has 0 bridgehead atoms.